The number of halogens is 4. The van der Waals surface area contributed by atoms with Crippen molar-refractivity contribution in [2.45, 2.75) is 25.8 Å². The molecule has 33 heavy (non-hydrogen) atoms. The number of hydrogen-bond acceptors (Lipinski definition) is 5. The first-order valence-electron chi connectivity index (χ1n) is 10.0. The summed E-state index contributed by atoms with van der Waals surface area (Å²) in [5.74, 6) is -1.03. The Morgan fingerprint density at radius 2 is 1.73 bits per heavy atom. The maximum absolute atomic E-state index is 14.2. The Balaban J connectivity index is 2.81. The lowest BCUT2D eigenvalue weighted by molar-refractivity contribution is -0.144. The van der Waals surface area contributed by atoms with Crippen LogP contribution in [0.4, 0.5) is 13.2 Å². The fourth-order valence-electron chi connectivity index (χ4n) is 3.58. The Labute approximate surface area is 196 Å². The number of likely N-dealkylation sites (N-methyl/N-ethyl adjacent to an activating group) is 2. The number of nitrogens with one attached hydrogen (secondary N) is 2. The van der Waals surface area contributed by atoms with Gasteiger partial charge in [-0.3, -0.25) is 4.79 Å². The molecule has 0 saturated heterocycles. The molecule has 0 unspecified atom stereocenters. The number of hydrogen-bond donors (Lipinski definition) is 2. The van der Waals surface area contributed by atoms with Crippen LogP contribution in [0.25, 0.3) is 11.1 Å². The number of rotatable bonds is 9. The number of carbonyl (C=O) groups excluding carboxylic acids is 1. The van der Waals surface area contributed by atoms with E-state index in [9.17, 15) is 26.4 Å². The van der Waals surface area contributed by atoms with E-state index in [-0.39, 0.29) is 35.7 Å². The number of nitrogens with zero attached hydrogens (tertiary/aromatic N) is 2. The van der Waals surface area contributed by atoms with Crippen LogP contribution in [0.3, 0.4) is 0 Å². The van der Waals surface area contributed by atoms with Crippen molar-refractivity contribution >= 4 is 27.3 Å². The molecule has 2 aromatic rings. The first kappa shape index (κ1) is 27.2. The van der Waals surface area contributed by atoms with E-state index in [4.69, 9.17) is 11.6 Å². The van der Waals surface area contributed by atoms with Crippen LogP contribution in [0.5, 0.6) is 0 Å². The zero-order valence-corrected chi connectivity index (χ0v) is 20.6. The second kappa shape index (κ2) is 10.5. The summed E-state index contributed by atoms with van der Waals surface area (Å²) < 4.78 is 66.8. The van der Waals surface area contributed by atoms with Crippen LogP contribution in [0.15, 0.2) is 24.3 Å². The highest BCUT2D eigenvalue weighted by Crippen LogP contribution is 2.41. The Morgan fingerprint density at radius 1 is 1.18 bits per heavy atom. The second-order valence-electron chi connectivity index (χ2n) is 7.80. The van der Waals surface area contributed by atoms with Crippen LogP contribution in [-0.4, -0.2) is 69.7 Å². The van der Waals surface area contributed by atoms with Gasteiger partial charge >= 0.3 is 6.18 Å². The summed E-state index contributed by atoms with van der Waals surface area (Å²) in [6, 6.07) is 6.17. The molecule has 1 amide bonds. The lowest BCUT2D eigenvalue weighted by Crippen LogP contribution is -2.43. The summed E-state index contributed by atoms with van der Waals surface area (Å²) in [4.78, 5) is 14.6. The average molecular weight is 509 g/mol. The number of alkyl halides is 3. The molecule has 0 aliphatic heterocycles. The molecule has 0 spiro atoms. The minimum Gasteiger partial charge on any atom is -0.339 e. The van der Waals surface area contributed by atoms with Gasteiger partial charge in [0.05, 0.1) is 18.5 Å². The van der Waals surface area contributed by atoms with E-state index in [1.165, 1.54) is 26.1 Å². The van der Waals surface area contributed by atoms with E-state index in [1.807, 2.05) is 0 Å². The lowest BCUT2D eigenvalue weighted by atomic mass is 10.0. The van der Waals surface area contributed by atoms with Gasteiger partial charge in [0.2, 0.25) is 0 Å². The molecule has 0 saturated carbocycles. The van der Waals surface area contributed by atoms with Crippen molar-refractivity contribution in [3.63, 3.8) is 0 Å². The summed E-state index contributed by atoms with van der Waals surface area (Å²) in [6.07, 6.45) is -4.27. The number of sulfone groups is 1. The van der Waals surface area contributed by atoms with Crippen LogP contribution < -0.4 is 10.6 Å². The van der Waals surface area contributed by atoms with Gasteiger partial charge in [-0.25, -0.2) is 8.42 Å². The largest absolute Gasteiger partial charge is 0.431 e. The van der Waals surface area contributed by atoms with Crippen molar-refractivity contribution in [1.82, 2.24) is 20.1 Å². The summed E-state index contributed by atoms with van der Waals surface area (Å²) in [5.41, 5.74) is -0.695. The summed E-state index contributed by atoms with van der Waals surface area (Å²) in [5, 5.41) is 6.15. The topological polar surface area (TPSA) is 83.4 Å². The summed E-state index contributed by atoms with van der Waals surface area (Å²) in [6.45, 7) is 0.965. The van der Waals surface area contributed by atoms with Gasteiger partial charge in [0.1, 0.15) is 21.2 Å². The molecule has 1 heterocycles. The average Bonchev–Trinajstić information content (AvgIpc) is 3.01. The van der Waals surface area contributed by atoms with Gasteiger partial charge in [-0.2, -0.15) is 13.2 Å². The Hall–Kier alpha value is -2.08. The second-order valence-corrected chi connectivity index (χ2v) is 10.5. The van der Waals surface area contributed by atoms with E-state index in [2.05, 4.69) is 10.6 Å². The van der Waals surface area contributed by atoms with Crippen molar-refractivity contribution in [3.8, 4) is 11.1 Å². The van der Waals surface area contributed by atoms with Gasteiger partial charge in [0.25, 0.3) is 5.91 Å². The summed E-state index contributed by atoms with van der Waals surface area (Å²) >= 11 is 5.96. The van der Waals surface area contributed by atoms with Crippen LogP contribution in [-0.2, 0) is 22.6 Å². The van der Waals surface area contributed by atoms with E-state index in [0.29, 0.717) is 10.6 Å². The standard InChI is InChI=1S/C21H28ClF3N4O3S/c1-13-17(14-6-8-15(22)9-7-14)18(20(30)28(4)10-11-33(5,31)32)29(12-16(26-2)27-3)19(13)21(23,24)25/h6-9,16,26-27H,10-12H2,1-5H3. The lowest BCUT2D eigenvalue weighted by Gasteiger charge is -2.24. The first-order valence-corrected chi connectivity index (χ1v) is 12.5. The van der Waals surface area contributed by atoms with Crippen molar-refractivity contribution in [2.24, 2.45) is 0 Å². The van der Waals surface area contributed by atoms with Gasteiger partial charge in [0, 0.05) is 30.4 Å². The highest BCUT2D eigenvalue weighted by Gasteiger charge is 2.41. The molecular weight excluding hydrogens is 481 g/mol. The number of benzene rings is 1. The smallest absolute Gasteiger partial charge is 0.339 e. The molecule has 0 aliphatic rings. The fourth-order valence-corrected chi connectivity index (χ4v) is 4.31. The molecule has 2 N–H and O–H groups in total. The highest BCUT2D eigenvalue weighted by atomic mass is 35.5. The molecule has 0 fully saturated rings. The van der Waals surface area contributed by atoms with Gasteiger partial charge in [-0.05, 0) is 44.3 Å². The van der Waals surface area contributed by atoms with Crippen molar-refractivity contribution < 1.29 is 26.4 Å². The molecular formula is C21H28ClF3N4O3S. The minimum absolute atomic E-state index is 0.101. The third-order valence-electron chi connectivity index (χ3n) is 5.32. The van der Waals surface area contributed by atoms with E-state index < -0.39 is 33.8 Å². The zero-order chi connectivity index (χ0) is 25.1. The third-order valence-corrected chi connectivity index (χ3v) is 6.49. The number of aromatic nitrogens is 1. The summed E-state index contributed by atoms with van der Waals surface area (Å²) in [7, 11) is 1.16. The molecule has 1 aromatic heterocycles. The highest BCUT2D eigenvalue weighted by molar-refractivity contribution is 7.90. The molecule has 0 atom stereocenters. The van der Waals surface area contributed by atoms with E-state index in [0.717, 1.165) is 15.7 Å². The molecule has 1 aromatic carbocycles. The Morgan fingerprint density at radius 3 is 2.18 bits per heavy atom. The molecule has 0 radical (unpaired) electrons. The molecule has 184 valence electrons. The molecule has 0 bridgehead atoms. The fraction of sp³-hybridized carbons (Fsp3) is 0.476. The Kier molecular flexibility index (Phi) is 8.61. The monoisotopic (exact) mass is 508 g/mol. The van der Waals surface area contributed by atoms with Crippen LogP contribution in [0, 0.1) is 6.92 Å². The quantitative estimate of drug-likeness (QED) is 0.509. The predicted molar refractivity (Wildman–Crippen MR) is 123 cm³/mol. The minimum atomic E-state index is -4.73. The predicted octanol–water partition coefficient (Wildman–Crippen LogP) is 3.02. The first-order chi connectivity index (χ1) is 15.2. The third kappa shape index (κ3) is 6.50. The Bertz CT molecular complexity index is 1100. The SMILES string of the molecule is CNC(Cn1c(C(=O)N(C)CCS(C)(=O)=O)c(-c2ccc(Cl)cc2)c(C)c1C(F)(F)F)NC. The zero-order valence-electron chi connectivity index (χ0n) is 19.0. The molecule has 0 aliphatic carbocycles. The van der Waals surface area contributed by atoms with Gasteiger partial charge in [0.15, 0.2) is 0 Å². The van der Waals surface area contributed by atoms with E-state index >= 15 is 0 Å². The van der Waals surface area contributed by atoms with Crippen LogP contribution >= 0.6 is 11.6 Å². The molecule has 12 heteroatoms. The van der Waals surface area contributed by atoms with Gasteiger partial charge in [-0.15, -0.1) is 0 Å². The van der Waals surface area contributed by atoms with Crippen molar-refractivity contribution in [1.29, 1.82) is 0 Å². The number of amides is 1. The number of carbonyl (C=O) groups is 1. The maximum Gasteiger partial charge on any atom is 0.431 e. The van der Waals surface area contributed by atoms with Crippen LogP contribution in [0.1, 0.15) is 21.7 Å². The maximum atomic E-state index is 14.2. The van der Waals surface area contributed by atoms with Gasteiger partial charge in [-0.1, -0.05) is 23.7 Å². The molecule has 7 nitrogen and oxygen atoms in total. The molecule has 2 rings (SSSR count). The van der Waals surface area contributed by atoms with Crippen molar-refractivity contribution in [3.05, 3.63) is 46.2 Å². The normalized spacial score (nSPS) is 12.4. The van der Waals surface area contributed by atoms with Gasteiger partial charge < -0.3 is 20.1 Å². The van der Waals surface area contributed by atoms with Crippen LogP contribution in [0.2, 0.25) is 5.02 Å². The van der Waals surface area contributed by atoms with E-state index in [1.54, 1.807) is 26.2 Å². The van der Waals surface area contributed by atoms with Crippen molar-refractivity contribution in [2.75, 3.05) is 39.7 Å².